The summed E-state index contributed by atoms with van der Waals surface area (Å²) in [6.07, 6.45) is 2.90. The van der Waals surface area contributed by atoms with Crippen LogP contribution < -0.4 is 0 Å². The molecule has 0 aromatic carbocycles. The van der Waals surface area contributed by atoms with Gasteiger partial charge in [-0.05, 0) is 39.3 Å². The van der Waals surface area contributed by atoms with Crippen LogP contribution in [0.4, 0.5) is 0 Å². The fourth-order valence-corrected chi connectivity index (χ4v) is 1.51. The maximum Gasteiger partial charge on any atom is 0.189 e. The predicted octanol–water partition coefficient (Wildman–Crippen LogP) is 1.45. The van der Waals surface area contributed by atoms with E-state index in [1.807, 2.05) is 20.8 Å². The molecule has 1 N–H and O–H groups in total. The van der Waals surface area contributed by atoms with Crippen molar-refractivity contribution in [3.8, 4) is 0 Å². The second-order valence-corrected chi connectivity index (χ2v) is 4.65. The second kappa shape index (κ2) is 3.48. The number of ketones is 1. The van der Waals surface area contributed by atoms with Crippen LogP contribution in [-0.2, 0) is 9.53 Å². The van der Waals surface area contributed by atoms with Crippen LogP contribution in [0, 0.1) is 0 Å². The van der Waals surface area contributed by atoms with Crippen molar-refractivity contribution in [1.82, 2.24) is 0 Å². The van der Waals surface area contributed by atoms with Crippen molar-refractivity contribution in [2.24, 2.45) is 0 Å². The lowest BCUT2D eigenvalue weighted by molar-refractivity contribution is -0.156. The topological polar surface area (TPSA) is 46.5 Å². The van der Waals surface area contributed by atoms with Crippen LogP contribution >= 0.6 is 0 Å². The van der Waals surface area contributed by atoms with Crippen molar-refractivity contribution < 1.29 is 14.6 Å². The van der Waals surface area contributed by atoms with Crippen LogP contribution in [0.25, 0.3) is 0 Å². The van der Waals surface area contributed by atoms with Gasteiger partial charge in [-0.15, -0.1) is 0 Å². The van der Waals surface area contributed by atoms with Crippen LogP contribution in [0.1, 0.15) is 34.1 Å². The smallest absolute Gasteiger partial charge is 0.189 e. The fraction of sp³-hybridized carbons (Fsp3) is 0.727. The zero-order valence-corrected chi connectivity index (χ0v) is 9.20. The number of carbonyl (C=O) groups excluding carboxylic acids is 1. The van der Waals surface area contributed by atoms with E-state index in [9.17, 15) is 9.90 Å². The molecule has 0 spiro atoms. The highest BCUT2D eigenvalue weighted by atomic mass is 16.5. The molecule has 0 amide bonds. The monoisotopic (exact) mass is 198 g/mol. The number of rotatable bonds is 2. The van der Waals surface area contributed by atoms with E-state index in [1.165, 1.54) is 6.08 Å². The highest BCUT2D eigenvalue weighted by Gasteiger charge is 2.45. The Bertz CT molecular complexity index is 262. The third kappa shape index (κ3) is 2.04. The number of carbonyl (C=O) groups is 1. The van der Waals surface area contributed by atoms with E-state index >= 15 is 0 Å². The lowest BCUT2D eigenvalue weighted by Gasteiger charge is -2.32. The van der Waals surface area contributed by atoms with E-state index in [0.29, 0.717) is 6.42 Å². The molecule has 80 valence electrons. The maximum absolute atomic E-state index is 11.4. The van der Waals surface area contributed by atoms with Gasteiger partial charge in [-0.2, -0.15) is 0 Å². The molecular formula is C11H18O3. The summed E-state index contributed by atoms with van der Waals surface area (Å²) in [7, 11) is 0. The van der Waals surface area contributed by atoms with Crippen molar-refractivity contribution in [2.45, 2.75) is 51.4 Å². The molecule has 3 nitrogen and oxygen atoms in total. The Hall–Kier alpha value is -0.670. The molecule has 0 radical (unpaired) electrons. The molecule has 0 saturated heterocycles. The van der Waals surface area contributed by atoms with Crippen LogP contribution in [0.3, 0.4) is 0 Å². The van der Waals surface area contributed by atoms with Crippen molar-refractivity contribution in [1.29, 1.82) is 0 Å². The molecule has 0 saturated carbocycles. The van der Waals surface area contributed by atoms with Crippen LogP contribution in [0.2, 0.25) is 0 Å². The van der Waals surface area contributed by atoms with Gasteiger partial charge >= 0.3 is 0 Å². The fourth-order valence-electron chi connectivity index (χ4n) is 1.51. The molecule has 0 bridgehead atoms. The molecule has 3 heteroatoms. The largest absolute Gasteiger partial charge is 0.379 e. The molecule has 1 rings (SSSR count). The maximum atomic E-state index is 11.4. The molecule has 0 heterocycles. The van der Waals surface area contributed by atoms with E-state index < -0.39 is 11.7 Å². The third-order valence-electron chi connectivity index (χ3n) is 2.34. The Balaban J connectivity index is 2.81. The normalized spacial score (nSPS) is 32.6. The van der Waals surface area contributed by atoms with Gasteiger partial charge in [0.2, 0.25) is 0 Å². The Morgan fingerprint density at radius 3 is 2.57 bits per heavy atom. The molecular weight excluding hydrogens is 180 g/mol. The quantitative estimate of drug-likeness (QED) is 0.730. The predicted molar refractivity (Wildman–Crippen MR) is 54.0 cm³/mol. The van der Waals surface area contributed by atoms with Gasteiger partial charge in [-0.25, -0.2) is 0 Å². The summed E-state index contributed by atoms with van der Waals surface area (Å²) in [5.74, 6) is -0.255. The lowest BCUT2D eigenvalue weighted by atomic mass is 9.94. The molecule has 0 unspecified atom stereocenters. The van der Waals surface area contributed by atoms with Crippen LogP contribution in [0.5, 0.6) is 0 Å². The standard InChI is InChI=1S/C11H18O3/c1-5-11(13)8(12)6-7-9(11)14-10(2,3)4/h6-7,9,13H,5H2,1-4H3/t9-,11-/m1/s1. The van der Waals surface area contributed by atoms with Crippen molar-refractivity contribution in [3.63, 3.8) is 0 Å². The minimum Gasteiger partial charge on any atom is -0.379 e. The average Bonchev–Trinajstić information content (AvgIpc) is 2.31. The van der Waals surface area contributed by atoms with Gasteiger partial charge in [-0.1, -0.05) is 6.92 Å². The molecule has 1 aliphatic carbocycles. The van der Waals surface area contributed by atoms with Gasteiger partial charge in [0, 0.05) is 0 Å². The first-order chi connectivity index (χ1) is 6.29. The van der Waals surface area contributed by atoms with E-state index in [1.54, 1.807) is 13.0 Å². The summed E-state index contributed by atoms with van der Waals surface area (Å²) in [5.41, 5.74) is -1.71. The van der Waals surface area contributed by atoms with Crippen molar-refractivity contribution in [3.05, 3.63) is 12.2 Å². The van der Waals surface area contributed by atoms with Crippen LogP contribution in [0.15, 0.2) is 12.2 Å². The van der Waals surface area contributed by atoms with Gasteiger partial charge in [-0.3, -0.25) is 4.79 Å². The zero-order valence-electron chi connectivity index (χ0n) is 9.20. The Labute approximate surface area is 84.8 Å². The zero-order chi connectivity index (χ0) is 11.0. The molecule has 14 heavy (non-hydrogen) atoms. The van der Waals surface area contributed by atoms with Crippen molar-refractivity contribution >= 4 is 5.78 Å². The highest BCUT2D eigenvalue weighted by Crippen LogP contribution is 2.29. The summed E-state index contributed by atoms with van der Waals surface area (Å²) in [5, 5.41) is 10.1. The number of hydrogen-bond acceptors (Lipinski definition) is 3. The van der Waals surface area contributed by atoms with Gasteiger partial charge < -0.3 is 9.84 Å². The van der Waals surface area contributed by atoms with Gasteiger partial charge in [0.15, 0.2) is 11.4 Å². The average molecular weight is 198 g/mol. The number of ether oxygens (including phenoxy) is 1. The first-order valence-corrected chi connectivity index (χ1v) is 4.92. The molecule has 0 aromatic rings. The Morgan fingerprint density at radius 2 is 2.14 bits per heavy atom. The summed E-state index contributed by atoms with van der Waals surface area (Å²) < 4.78 is 5.62. The first-order valence-electron chi connectivity index (χ1n) is 4.92. The molecule has 2 atom stereocenters. The second-order valence-electron chi connectivity index (χ2n) is 4.65. The first kappa shape index (κ1) is 11.4. The van der Waals surface area contributed by atoms with E-state index in [2.05, 4.69) is 0 Å². The summed E-state index contributed by atoms with van der Waals surface area (Å²) in [6, 6.07) is 0. The molecule has 1 aliphatic rings. The molecule has 0 aliphatic heterocycles. The minimum absolute atomic E-state index is 0.255. The summed E-state index contributed by atoms with van der Waals surface area (Å²) in [4.78, 5) is 11.4. The number of aliphatic hydroxyl groups is 1. The minimum atomic E-state index is -1.35. The third-order valence-corrected chi connectivity index (χ3v) is 2.34. The van der Waals surface area contributed by atoms with Gasteiger partial charge in [0.05, 0.1) is 5.60 Å². The van der Waals surface area contributed by atoms with Gasteiger partial charge in [0.25, 0.3) is 0 Å². The SMILES string of the molecule is CC[C@@]1(O)C(=O)C=C[C@H]1OC(C)(C)C. The van der Waals surface area contributed by atoms with Crippen molar-refractivity contribution in [2.75, 3.05) is 0 Å². The van der Waals surface area contributed by atoms with E-state index in [-0.39, 0.29) is 11.4 Å². The van der Waals surface area contributed by atoms with Gasteiger partial charge in [0.1, 0.15) is 6.10 Å². The summed E-state index contributed by atoms with van der Waals surface area (Å²) >= 11 is 0. The lowest BCUT2D eigenvalue weighted by Crippen LogP contribution is -2.47. The van der Waals surface area contributed by atoms with E-state index in [4.69, 9.17) is 4.74 Å². The Morgan fingerprint density at radius 1 is 1.57 bits per heavy atom. The Kier molecular flexibility index (Phi) is 2.83. The number of hydrogen-bond donors (Lipinski definition) is 1. The molecule has 0 aromatic heterocycles. The van der Waals surface area contributed by atoms with E-state index in [0.717, 1.165) is 0 Å². The summed E-state index contributed by atoms with van der Waals surface area (Å²) in [6.45, 7) is 7.49. The molecule has 0 fully saturated rings. The highest BCUT2D eigenvalue weighted by molar-refractivity contribution is 6.00. The van der Waals surface area contributed by atoms with Crippen LogP contribution in [-0.4, -0.2) is 28.2 Å².